The van der Waals surface area contributed by atoms with Crippen LogP contribution in [0.2, 0.25) is 5.02 Å². The number of aliphatic hydroxyl groups excluding tert-OH is 1. The molecule has 86 valence electrons. The third-order valence-electron chi connectivity index (χ3n) is 2.48. The van der Waals surface area contributed by atoms with E-state index in [1.807, 2.05) is 19.1 Å². The third-order valence-corrected chi connectivity index (χ3v) is 2.76. The SMILES string of the molecule is CCC(=Cc1cc(Cl)c2c(c1)OCO2)CO. The largest absolute Gasteiger partial charge is 0.454 e. The van der Waals surface area contributed by atoms with Gasteiger partial charge in [0.2, 0.25) is 6.79 Å². The van der Waals surface area contributed by atoms with Gasteiger partial charge in [0.25, 0.3) is 0 Å². The Labute approximate surface area is 99.3 Å². The van der Waals surface area contributed by atoms with Crippen LogP contribution in [0.4, 0.5) is 0 Å². The van der Waals surface area contributed by atoms with Crippen molar-refractivity contribution in [2.45, 2.75) is 13.3 Å². The Kier molecular flexibility index (Phi) is 3.36. The van der Waals surface area contributed by atoms with E-state index >= 15 is 0 Å². The molecule has 2 rings (SSSR count). The summed E-state index contributed by atoms with van der Waals surface area (Å²) in [5.74, 6) is 1.26. The zero-order chi connectivity index (χ0) is 11.5. The Hall–Kier alpha value is -1.19. The van der Waals surface area contributed by atoms with Crippen LogP contribution in [0.1, 0.15) is 18.9 Å². The minimum Gasteiger partial charge on any atom is -0.454 e. The van der Waals surface area contributed by atoms with Gasteiger partial charge in [-0.25, -0.2) is 0 Å². The first kappa shape index (κ1) is 11.3. The molecule has 16 heavy (non-hydrogen) atoms. The molecular formula is C12H13ClO3. The Morgan fingerprint density at radius 3 is 3.00 bits per heavy atom. The van der Waals surface area contributed by atoms with Crippen molar-refractivity contribution in [3.8, 4) is 11.5 Å². The maximum atomic E-state index is 9.09. The van der Waals surface area contributed by atoms with Crippen molar-refractivity contribution in [3.05, 3.63) is 28.3 Å². The fraction of sp³-hybridized carbons (Fsp3) is 0.333. The minimum atomic E-state index is 0.0581. The number of halogens is 1. The summed E-state index contributed by atoms with van der Waals surface area (Å²) in [6, 6.07) is 3.67. The number of hydrogen-bond donors (Lipinski definition) is 1. The topological polar surface area (TPSA) is 38.7 Å². The number of fused-ring (bicyclic) bond motifs is 1. The molecule has 4 heteroatoms. The first-order chi connectivity index (χ1) is 7.74. The second-order valence-electron chi connectivity index (χ2n) is 3.55. The second kappa shape index (κ2) is 4.76. The normalized spacial score (nSPS) is 14.3. The van der Waals surface area contributed by atoms with Crippen molar-refractivity contribution in [1.82, 2.24) is 0 Å². The van der Waals surface area contributed by atoms with Gasteiger partial charge in [-0.2, -0.15) is 0 Å². The number of ether oxygens (including phenoxy) is 2. The minimum absolute atomic E-state index is 0.0581. The van der Waals surface area contributed by atoms with Crippen molar-refractivity contribution in [2.24, 2.45) is 0 Å². The van der Waals surface area contributed by atoms with Crippen LogP contribution in [-0.2, 0) is 0 Å². The van der Waals surface area contributed by atoms with Gasteiger partial charge in [0.05, 0.1) is 11.6 Å². The van der Waals surface area contributed by atoms with Gasteiger partial charge in [0, 0.05) is 0 Å². The van der Waals surface area contributed by atoms with Gasteiger partial charge in [0.15, 0.2) is 11.5 Å². The Morgan fingerprint density at radius 2 is 2.31 bits per heavy atom. The summed E-state index contributed by atoms with van der Waals surface area (Å²) in [7, 11) is 0. The van der Waals surface area contributed by atoms with Crippen molar-refractivity contribution < 1.29 is 14.6 Å². The lowest BCUT2D eigenvalue weighted by Crippen LogP contribution is -1.93. The molecule has 0 fully saturated rings. The molecule has 0 saturated heterocycles. The van der Waals surface area contributed by atoms with Crippen LogP contribution in [-0.4, -0.2) is 18.5 Å². The predicted octanol–water partition coefficient (Wildman–Crippen LogP) is 2.85. The molecule has 1 aromatic rings. The molecule has 1 aliphatic heterocycles. The van der Waals surface area contributed by atoms with Crippen LogP contribution in [0.5, 0.6) is 11.5 Å². The maximum Gasteiger partial charge on any atom is 0.231 e. The van der Waals surface area contributed by atoms with Gasteiger partial charge >= 0.3 is 0 Å². The highest BCUT2D eigenvalue weighted by Crippen LogP contribution is 2.40. The molecule has 0 spiro atoms. The van der Waals surface area contributed by atoms with Crippen molar-refractivity contribution >= 4 is 17.7 Å². The van der Waals surface area contributed by atoms with Crippen LogP contribution in [0, 0.1) is 0 Å². The van der Waals surface area contributed by atoms with E-state index in [0.717, 1.165) is 17.6 Å². The molecule has 0 bridgehead atoms. The summed E-state index contributed by atoms with van der Waals surface area (Å²) >= 11 is 6.05. The standard InChI is InChI=1S/C12H13ClO3/c1-2-8(6-14)3-9-4-10(13)12-11(5-9)15-7-16-12/h3-5,14H,2,6-7H2,1H3. The monoisotopic (exact) mass is 240 g/mol. The average Bonchev–Trinajstić information content (AvgIpc) is 2.74. The summed E-state index contributed by atoms with van der Waals surface area (Å²) in [5, 5.41) is 9.63. The molecular weight excluding hydrogens is 228 g/mol. The fourth-order valence-electron chi connectivity index (χ4n) is 1.57. The fourth-order valence-corrected chi connectivity index (χ4v) is 1.84. The highest BCUT2D eigenvalue weighted by Gasteiger charge is 2.17. The summed E-state index contributed by atoms with van der Waals surface area (Å²) in [5.41, 5.74) is 1.87. The van der Waals surface area contributed by atoms with Crippen molar-refractivity contribution in [1.29, 1.82) is 0 Å². The molecule has 0 unspecified atom stereocenters. The first-order valence-corrected chi connectivity index (χ1v) is 5.52. The van der Waals surface area contributed by atoms with Gasteiger partial charge in [-0.3, -0.25) is 0 Å². The summed E-state index contributed by atoms with van der Waals surface area (Å²) < 4.78 is 10.5. The summed E-state index contributed by atoms with van der Waals surface area (Å²) in [4.78, 5) is 0. The maximum absolute atomic E-state index is 9.09. The molecule has 0 aromatic heterocycles. The summed E-state index contributed by atoms with van der Waals surface area (Å²) in [6.45, 7) is 2.27. The third kappa shape index (κ3) is 2.15. The predicted molar refractivity (Wildman–Crippen MR) is 62.9 cm³/mol. The zero-order valence-electron chi connectivity index (χ0n) is 9.00. The van der Waals surface area contributed by atoms with E-state index in [1.165, 1.54) is 0 Å². The van der Waals surface area contributed by atoms with Gasteiger partial charge in [-0.15, -0.1) is 0 Å². The Balaban J connectivity index is 2.37. The molecule has 1 heterocycles. The average molecular weight is 241 g/mol. The van der Waals surface area contributed by atoms with Gasteiger partial charge < -0.3 is 14.6 Å². The zero-order valence-corrected chi connectivity index (χ0v) is 9.75. The van der Waals surface area contributed by atoms with E-state index in [9.17, 15) is 0 Å². The highest BCUT2D eigenvalue weighted by molar-refractivity contribution is 6.32. The quantitative estimate of drug-likeness (QED) is 0.883. The lowest BCUT2D eigenvalue weighted by Gasteiger charge is -2.03. The molecule has 0 amide bonds. The molecule has 1 aliphatic rings. The molecule has 1 aromatic carbocycles. The van der Waals surface area contributed by atoms with E-state index in [1.54, 1.807) is 6.07 Å². The lowest BCUT2D eigenvalue weighted by atomic mass is 10.1. The second-order valence-corrected chi connectivity index (χ2v) is 3.96. The van der Waals surface area contributed by atoms with Crippen molar-refractivity contribution in [2.75, 3.05) is 13.4 Å². The molecule has 0 atom stereocenters. The van der Waals surface area contributed by atoms with Crippen LogP contribution in [0.3, 0.4) is 0 Å². The number of benzene rings is 1. The van der Waals surface area contributed by atoms with Crippen LogP contribution in [0.15, 0.2) is 17.7 Å². The van der Waals surface area contributed by atoms with E-state index in [2.05, 4.69) is 0 Å². The lowest BCUT2D eigenvalue weighted by molar-refractivity contribution is 0.174. The van der Waals surface area contributed by atoms with E-state index in [4.69, 9.17) is 26.2 Å². The molecule has 0 aliphatic carbocycles. The molecule has 0 radical (unpaired) electrons. The van der Waals surface area contributed by atoms with E-state index in [0.29, 0.717) is 16.5 Å². The molecule has 3 nitrogen and oxygen atoms in total. The molecule has 1 N–H and O–H groups in total. The summed E-state index contributed by atoms with van der Waals surface area (Å²) in [6.07, 6.45) is 2.72. The molecule has 0 saturated carbocycles. The number of aliphatic hydroxyl groups is 1. The van der Waals surface area contributed by atoms with Crippen LogP contribution < -0.4 is 9.47 Å². The Bertz CT molecular complexity index is 421. The van der Waals surface area contributed by atoms with E-state index < -0.39 is 0 Å². The van der Waals surface area contributed by atoms with Gasteiger partial charge in [-0.1, -0.05) is 24.6 Å². The highest BCUT2D eigenvalue weighted by atomic mass is 35.5. The van der Waals surface area contributed by atoms with Gasteiger partial charge in [-0.05, 0) is 29.7 Å². The Morgan fingerprint density at radius 1 is 1.50 bits per heavy atom. The first-order valence-electron chi connectivity index (χ1n) is 5.14. The van der Waals surface area contributed by atoms with Gasteiger partial charge in [0.1, 0.15) is 0 Å². The van der Waals surface area contributed by atoms with Crippen LogP contribution in [0.25, 0.3) is 6.08 Å². The smallest absolute Gasteiger partial charge is 0.231 e. The van der Waals surface area contributed by atoms with Crippen molar-refractivity contribution in [3.63, 3.8) is 0 Å². The number of rotatable bonds is 3. The van der Waals surface area contributed by atoms with Crippen LogP contribution >= 0.6 is 11.6 Å². The number of hydrogen-bond acceptors (Lipinski definition) is 3. The van der Waals surface area contributed by atoms with E-state index in [-0.39, 0.29) is 13.4 Å².